The Bertz CT molecular complexity index is 2880. The third-order valence-electron chi connectivity index (χ3n) is 12.5. The average molecular weight is 683 g/mol. The first-order chi connectivity index (χ1) is 26.0. The smallest absolute Gasteiger partial charge is 0.263 e. The van der Waals surface area contributed by atoms with Crippen molar-refractivity contribution >= 4 is 38.7 Å². The van der Waals surface area contributed by atoms with E-state index in [2.05, 4.69) is 163 Å². The second kappa shape index (κ2) is 11.2. The lowest BCUT2D eigenvalue weighted by Gasteiger charge is -2.30. The molecule has 0 fully saturated rings. The molecule has 1 atom stereocenters. The zero-order valence-electron chi connectivity index (χ0n) is 29.9. The maximum atomic E-state index is 15.1. The largest absolute Gasteiger partial charge is 0.310 e. The average Bonchev–Trinajstić information content (AvgIpc) is 3.37. The number of benzene rings is 7. The molecule has 2 bridgehead atoms. The number of aryl methyl sites for hydroxylation is 1. The fourth-order valence-electron chi connectivity index (χ4n) is 9.90. The van der Waals surface area contributed by atoms with Gasteiger partial charge in [-0.15, -0.1) is 0 Å². The summed E-state index contributed by atoms with van der Waals surface area (Å²) in [4.78, 5) is 17.6. The van der Waals surface area contributed by atoms with Crippen molar-refractivity contribution in [3.8, 4) is 27.9 Å². The third-order valence-corrected chi connectivity index (χ3v) is 12.5. The Labute approximate surface area is 309 Å². The number of pyridine rings is 1. The monoisotopic (exact) mass is 682 g/mol. The molecular formula is C50H38N2O. The van der Waals surface area contributed by atoms with E-state index in [-0.39, 0.29) is 16.9 Å². The van der Waals surface area contributed by atoms with Crippen LogP contribution in [0.25, 0.3) is 49.6 Å². The fraction of sp³-hybridized carbons (Fsp3) is 0.140. The van der Waals surface area contributed by atoms with Gasteiger partial charge in [-0.1, -0.05) is 123 Å². The van der Waals surface area contributed by atoms with Gasteiger partial charge in [0.2, 0.25) is 0 Å². The van der Waals surface area contributed by atoms with Crippen LogP contribution in [-0.4, -0.2) is 4.57 Å². The second-order valence-corrected chi connectivity index (χ2v) is 15.6. The zero-order chi connectivity index (χ0) is 35.4. The van der Waals surface area contributed by atoms with Gasteiger partial charge in [0.15, 0.2) is 0 Å². The van der Waals surface area contributed by atoms with Crippen LogP contribution in [0.1, 0.15) is 54.0 Å². The van der Waals surface area contributed by atoms with Gasteiger partial charge in [-0.25, -0.2) is 0 Å². The summed E-state index contributed by atoms with van der Waals surface area (Å²) in [6.07, 6.45) is 2.72. The lowest BCUT2D eigenvalue weighted by Crippen LogP contribution is -2.22. The lowest BCUT2D eigenvalue weighted by atomic mass is 9.82. The van der Waals surface area contributed by atoms with Crippen LogP contribution in [0.15, 0.2) is 156 Å². The van der Waals surface area contributed by atoms with Gasteiger partial charge in [0.05, 0.1) is 16.9 Å². The standard InChI is InChI=1S/C50H38N2O/c1-50(2)43-18-8-6-16-37(43)38-27-25-35(30-44(38)50)51-45-19-9-7-15-36(45)34-23-22-32-14-10-17-39-41-28-33(31-12-4-3-5-13-31)24-26-40(41)49(53)52(48(32)39)47-21-11-20-46(51)42(47)29-34/h3-21,24-28,30,34H,22-23,29H2,1-2H3. The highest BCUT2D eigenvalue weighted by Gasteiger charge is 2.37. The van der Waals surface area contributed by atoms with Crippen LogP contribution in [0.2, 0.25) is 0 Å². The molecule has 1 unspecified atom stereocenters. The molecule has 11 rings (SSSR count). The quantitative estimate of drug-likeness (QED) is 0.170. The van der Waals surface area contributed by atoms with E-state index in [1.165, 1.54) is 44.6 Å². The maximum absolute atomic E-state index is 15.1. The molecule has 0 spiro atoms. The molecule has 1 aliphatic carbocycles. The summed E-state index contributed by atoms with van der Waals surface area (Å²) in [6, 6.07) is 55.0. The van der Waals surface area contributed by atoms with Gasteiger partial charge in [0.1, 0.15) is 0 Å². The Hall–Kier alpha value is -6.19. The molecule has 3 heteroatoms. The molecule has 3 nitrogen and oxygen atoms in total. The Balaban J connectivity index is 1.19. The summed E-state index contributed by atoms with van der Waals surface area (Å²) < 4.78 is 2.06. The van der Waals surface area contributed by atoms with Crippen LogP contribution in [-0.2, 0) is 18.3 Å². The minimum absolute atomic E-state index is 0.0387. The van der Waals surface area contributed by atoms with Gasteiger partial charge in [-0.3, -0.25) is 9.36 Å². The molecule has 0 radical (unpaired) electrons. The molecule has 7 aromatic carbocycles. The number of fused-ring (bicyclic) bond motifs is 9. The summed E-state index contributed by atoms with van der Waals surface area (Å²) in [5.74, 6) is 0.283. The first-order valence-electron chi connectivity index (χ1n) is 18.9. The van der Waals surface area contributed by atoms with E-state index >= 15 is 4.79 Å². The molecule has 3 aliphatic rings. The maximum Gasteiger partial charge on any atom is 0.263 e. The topological polar surface area (TPSA) is 25.2 Å². The number of hydrogen-bond acceptors (Lipinski definition) is 2. The predicted molar refractivity (Wildman–Crippen MR) is 219 cm³/mol. The van der Waals surface area contributed by atoms with E-state index in [1.54, 1.807) is 0 Å². The van der Waals surface area contributed by atoms with Crippen LogP contribution in [0.3, 0.4) is 0 Å². The fourth-order valence-corrected chi connectivity index (χ4v) is 9.90. The molecule has 254 valence electrons. The molecule has 0 N–H and O–H groups in total. The van der Waals surface area contributed by atoms with E-state index in [9.17, 15) is 0 Å². The molecule has 0 amide bonds. The van der Waals surface area contributed by atoms with E-state index in [4.69, 9.17) is 0 Å². The van der Waals surface area contributed by atoms with E-state index in [0.29, 0.717) is 0 Å². The van der Waals surface area contributed by atoms with Crippen LogP contribution in [0.5, 0.6) is 0 Å². The van der Waals surface area contributed by atoms with Crippen molar-refractivity contribution in [3.63, 3.8) is 0 Å². The molecular weight excluding hydrogens is 645 g/mol. The highest BCUT2D eigenvalue weighted by molar-refractivity contribution is 6.08. The minimum atomic E-state index is -0.116. The summed E-state index contributed by atoms with van der Waals surface area (Å²) in [6.45, 7) is 4.70. The molecule has 53 heavy (non-hydrogen) atoms. The van der Waals surface area contributed by atoms with Crippen LogP contribution in [0.4, 0.5) is 17.1 Å². The number of para-hydroxylation sites is 2. The van der Waals surface area contributed by atoms with Crippen LogP contribution >= 0.6 is 0 Å². The summed E-state index contributed by atoms with van der Waals surface area (Å²) in [7, 11) is 0. The first kappa shape index (κ1) is 30.4. The van der Waals surface area contributed by atoms with E-state index < -0.39 is 0 Å². The highest BCUT2D eigenvalue weighted by atomic mass is 16.1. The highest BCUT2D eigenvalue weighted by Crippen LogP contribution is 2.53. The first-order valence-corrected chi connectivity index (χ1v) is 18.9. The Morgan fingerprint density at radius 2 is 1.34 bits per heavy atom. The Morgan fingerprint density at radius 1 is 0.585 bits per heavy atom. The van der Waals surface area contributed by atoms with Gasteiger partial charge in [-0.2, -0.15) is 0 Å². The minimum Gasteiger partial charge on any atom is -0.310 e. The number of anilines is 3. The van der Waals surface area contributed by atoms with E-state index in [0.717, 1.165) is 69.1 Å². The normalized spacial score (nSPS) is 16.3. The van der Waals surface area contributed by atoms with Gasteiger partial charge in [-0.05, 0) is 118 Å². The molecule has 8 aromatic rings. The van der Waals surface area contributed by atoms with Crippen molar-refractivity contribution in [1.29, 1.82) is 0 Å². The Morgan fingerprint density at radius 3 is 2.25 bits per heavy atom. The zero-order valence-corrected chi connectivity index (χ0v) is 29.9. The van der Waals surface area contributed by atoms with Crippen molar-refractivity contribution in [2.45, 2.75) is 44.4 Å². The third kappa shape index (κ3) is 4.31. The summed E-state index contributed by atoms with van der Waals surface area (Å²) in [5.41, 5.74) is 16.9. The van der Waals surface area contributed by atoms with Gasteiger partial charge >= 0.3 is 0 Å². The van der Waals surface area contributed by atoms with Gasteiger partial charge < -0.3 is 4.90 Å². The molecule has 0 saturated heterocycles. The van der Waals surface area contributed by atoms with Crippen molar-refractivity contribution in [2.75, 3.05) is 4.90 Å². The molecule has 1 aromatic heterocycles. The number of nitrogens with zero attached hydrogens (tertiary/aromatic N) is 2. The summed E-state index contributed by atoms with van der Waals surface area (Å²) in [5, 5.41) is 2.88. The number of aromatic nitrogens is 1. The molecule has 3 heterocycles. The van der Waals surface area contributed by atoms with Gasteiger partial charge in [0.25, 0.3) is 5.56 Å². The molecule has 0 saturated carbocycles. The van der Waals surface area contributed by atoms with Crippen molar-refractivity contribution in [1.82, 2.24) is 4.57 Å². The van der Waals surface area contributed by atoms with Gasteiger partial charge in [0, 0.05) is 33.1 Å². The van der Waals surface area contributed by atoms with Crippen LogP contribution < -0.4 is 10.5 Å². The van der Waals surface area contributed by atoms with Crippen molar-refractivity contribution in [2.24, 2.45) is 0 Å². The van der Waals surface area contributed by atoms with Crippen molar-refractivity contribution in [3.05, 3.63) is 190 Å². The molecule has 2 aliphatic heterocycles. The lowest BCUT2D eigenvalue weighted by molar-refractivity contribution is 0.629. The summed E-state index contributed by atoms with van der Waals surface area (Å²) >= 11 is 0. The second-order valence-electron chi connectivity index (χ2n) is 15.6. The Kier molecular flexibility index (Phi) is 6.41. The number of hydrogen-bond donors (Lipinski definition) is 0. The number of rotatable bonds is 2. The predicted octanol–water partition coefficient (Wildman–Crippen LogP) is 12.2. The van der Waals surface area contributed by atoms with Crippen LogP contribution in [0, 0.1) is 0 Å². The van der Waals surface area contributed by atoms with E-state index in [1.807, 2.05) is 12.1 Å². The SMILES string of the molecule is CC1(C)c2ccccc2-c2ccc(N3c4ccccc4C4CCc5cccc6c7cc(-c8ccccc8)ccc7c(=O)n(c56)-c5cccc3c5C4)cc21. The van der Waals surface area contributed by atoms with Crippen molar-refractivity contribution < 1.29 is 0 Å².